The Morgan fingerprint density at radius 1 is 1.32 bits per heavy atom. The van der Waals surface area contributed by atoms with E-state index in [1.165, 1.54) is 0 Å². The van der Waals surface area contributed by atoms with Crippen molar-refractivity contribution in [3.05, 3.63) is 55.6 Å². The van der Waals surface area contributed by atoms with Gasteiger partial charge in [-0.15, -0.1) is 16.4 Å². The number of hydrogen-bond acceptors (Lipinski definition) is 6. The third-order valence-corrected chi connectivity index (χ3v) is 6.54. The van der Waals surface area contributed by atoms with E-state index in [4.69, 9.17) is 10.1 Å². The number of amides is 1. The molecule has 1 aromatic carbocycles. The maximum Gasteiger partial charge on any atom is 0.276 e. The van der Waals surface area contributed by atoms with Gasteiger partial charge in [-0.05, 0) is 40.5 Å². The van der Waals surface area contributed by atoms with Crippen molar-refractivity contribution in [2.75, 3.05) is 5.75 Å². The first kappa shape index (κ1) is 16.8. The first-order chi connectivity index (χ1) is 12.2. The van der Waals surface area contributed by atoms with Crippen LogP contribution < -0.4 is 15.9 Å². The molecule has 0 saturated carbocycles. The second-order valence-corrected chi connectivity index (χ2v) is 9.14. The van der Waals surface area contributed by atoms with Crippen molar-refractivity contribution in [2.45, 2.75) is 19.5 Å². The number of nitrogens with one attached hydrogen (secondary N) is 1. The van der Waals surface area contributed by atoms with Crippen molar-refractivity contribution >= 4 is 55.8 Å². The average molecular weight is 435 g/mol. The summed E-state index contributed by atoms with van der Waals surface area (Å²) in [5.41, 5.74) is 0.556. The Labute approximate surface area is 161 Å². The van der Waals surface area contributed by atoms with Crippen molar-refractivity contribution in [3.8, 4) is 0 Å². The van der Waals surface area contributed by atoms with E-state index in [9.17, 15) is 4.79 Å². The molecule has 0 bridgehead atoms. The fourth-order valence-electron chi connectivity index (χ4n) is 2.74. The zero-order chi connectivity index (χ0) is 17.4. The van der Waals surface area contributed by atoms with Crippen molar-refractivity contribution in [1.82, 2.24) is 10.3 Å². The number of halogens is 1. The summed E-state index contributed by atoms with van der Waals surface area (Å²) in [6, 6.07) is 11.7. The molecule has 0 radical (unpaired) electrons. The fraction of sp³-hybridized carbons (Fsp3) is 0.235. The van der Waals surface area contributed by atoms with E-state index in [1.54, 1.807) is 28.1 Å². The molecule has 25 heavy (non-hydrogen) atoms. The van der Waals surface area contributed by atoms with Gasteiger partial charge >= 0.3 is 0 Å². The zero-order valence-corrected chi connectivity index (χ0v) is 16.6. The van der Waals surface area contributed by atoms with E-state index in [2.05, 4.69) is 28.2 Å². The average Bonchev–Trinajstić information content (AvgIpc) is 3.05. The Kier molecular flexibility index (Phi) is 4.66. The molecule has 2 aromatic rings. The van der Waals surface area contributed by atoms with Crippen LogP contribution in [0.1, 0.15) is 24.4 Å². The molecule has 2 aliphatic heterocycles. The number of thiophene rings is 1. The van der Waals surface area contributed by atoms with E-state index in [-0.39, 0.29) is 12.1 Å². The van der Waals surface area contributed by atoms with E-state index >= 15 is 0 Å². The van der Waals surface area contributed by atoms with Crippen LogP contribution in [0, 0.1) is 0 Å². The largest absolute Gasteiger partial charge is 0.298 e. The standard InChI is InChI=1S/C17H15BrN4OS2/c1-2-9-24-17-20-16(23)14-10-5-3-4-6-11(10)19-15(22(14)21-17)12-7-8-13(18)25-12/h3-8,15H,2,9H2,1H3,(H,20,21,23). The molecule has 4 rings (SSSR count). The monoisotopic (exact) mass is 434 g/mol. The van der Waals surface area contributed by atoms with Crippen LogP contribution in [0.25, 0.3) is 5.70 Å². The molecule has 0 aliphatic carbocycles. The molecule has 1 unspecified atom stereocenters. The summed E-state index contributed by atoms with van der Waals surface area (Å²) >= 11 is 6.67. The zero-order valence-electron chi connectivity index (χ0n) is 13.4. The van der Waals surface area contributed by atoms with E-state index < -0.39 is 0 Å². The first-order valence-electron chi connectivity index (χ1n) is 7.92. The van der Waals surface area contributed by atoms with Gasteiger partial charge in [-0.2, -0.15) is 0 Å². The summed E-state index contributed by atoms with van der Waals surface area (Å²) < 4.78 is 1.03. The quantitative estimate of drug-likeness (QED) is 0.807. The highest BCUT2D eigenvalue weighted by Crippen LogP contribution is 2.35. The fourth-order valence-corrected chi connectivity index (χ4v) is 4.90. The predicted molar refractivity (Wildman–Crippen MR) is 106 cm³/mol. The normalized spacial score (nSPS) is 18.9. The summed E-state index contributed by atoms with van der Waals surface area (Å²) in [6.45, 7) is 2.11. The summed E-state index contributed by atoms with van der Waals surface area (Å²) in [6.07, 6.45) is 0.689. The lowest BCUT2D eigenvalue weighted by Gasteiger charge is -2.33. The van der Waals surface area contributed by atoms with E-state index in [1.807, 2.05) is 36.4 Å². The topological polar surface area (TPSA) is 57.1 Å². The molecule has 2 aliphatic rings. The predicted octanol–water partition coefficient (Wildman–Crippen LogP) is 2.80. The second kappa shape index (κ2) is 6.93. The number of amidine groups is 1. The Balaban J connectivity index is 1.89. The van der Waals surface area contributed by atoms with Gasteiger partial charge in [-0.25, -0.2) is 5.01 Å². The van der Waals surface area contributed by atoms with Crippen LogP contribution in [0.5, 0.6) is 0 Å². The number of carbonyl (C=O) groups is 1. The van der Waals surface area contributed by atoms with Crippen LogP contribution in [-0.2, 0) is 4.79 Å². The minimum absolute atomic E-state index is 0.128. The van der Waals surface area contributed by atoms with Gasteiger partial charge in [0.05, 0.1) is 14.0 Å². The maximum atomic E-state index is 12.8. The number of nitrogens with zero attached hydrogens (tertiary/aromatic N) is 3. The third kappa shape index (κ3) is 3.14. The number of hydrogen-bond donors (Lipinski definition) is 1. The molecule has 1 atom stereocenters. The molecular formula is C17H15BrN4OS2. The van der Waals surface area contributed by atoms with Crippen molar-refractivity contribution in [2.24, 2.45) is 10.1 Å². The lowest BCUT2D eigenvalue weighted by molar-refractivity contribution is -0.116. The summed E-state index contributed by atoms with van der Waals surface area (Å²) in [5, 5.41) is 11.6. The van der Waals surface area contributed by atoms with Crippen LogP contribution in [0.4, 0.5) is 0 Å². The number of benzene rings is 1. The first-order valence-corrected chi connectivity index (χ1v) is 10.5. The highest BCUT2D eigenvalue weighted by atomic mass is 79.9. The smallest absolute Gasteiger partial charge is 0.276 e. The molecule has 1 N–H and O–H groups in total. The summed E-state index contributed by atoms with van der Waals surface area (Å²) in [4.78, 5) is 18.7. The van der Waals surface area contributed by atoms with Gasteiger partial charge in [0.1, 0.15) is 5.70 Å². The molecular weight excluding hydrogens is 420 g/mol. The van der Waals surface area contributed by atoms with Crippen molar-refractivity contribution < 1.29 is 4.79 Å². The van der Waals surface area contributed by atoms with Gasteiger partial charge < -0.3 is 0 Å². The lowest BCUT2D eigenvalue weighted by Crippen LogP contribution is -2.50. The molecule has 1 aromatic heterocycles. The van der Waals surface area contributed by atoms with E-state index in [0.29, 0.717) is 10.9 Å². The van der Waals surface area contributed by atoms with Gasteiger partial charge in [-0.3, -0.25) is 15.1 Å². The second-order valence-electron chi connectivity index (χ2n) is 5.56. The highest BCUT2D eigenvalue weighted by molar-refractivity contribution is 9.11. The minimum Gasteiger partial charge on any atom is -0.298 e. The number of thioether (sulfide) groups is 1. The van der Waals surface area contributed by atoms with Crippen molar-refractivity contribution in [3.63, 3.8) is 0 Å². The summed E-state index contributed by atoms with van der Waals surface area (Å²) in [5.74, 6) is 0.780. The number of carbonyl (C=O) groups excluding carboxylic acids is 1. The van der Waals surface area contributed by atoms with Crippen LogP contribution in [0.2, 0.25) is 0 Å². The van der Waals surface area contributed by atoms with Crippen LogP contribution >= 0.6 is 39.0 Å². The molecule has 5 nitrogen and oxygen atoms in total. The molecule has 0 fully saturated rings. The SMILES string of the molecule is CCCSC1=NN2C(=c3ccccc3=NC2c2ccc(Br)s2)C(=O)N1. The van der Waals surface area contributed by atoms with E-state index in [0.717, 1.165) is 31.4 Å². The Hall–Kier alpha value is -1.64. The van der Waals surface area contributed by atoms with Crippen LogP contribution in [-0.4, -0.2) is 21.8 Å². The van der Waals surface area contributed by atoms with Gasteiger partial charge in [-0.1, -0.05) is 36.9 Å². The molecule has 0 saturated heterocycles. The Morgan fingerprint density at radius 2 is 2.16 bits per heavy atom. The molecule has 3 heterocycles. The lowest BCUT2D eigenvalue weighted by atomic mass is 10.1. The molecule has 128 valence electrons. The van der Waals surface area contributed by atoms with Crippen molar-refractivity contribution in [1.29, 1.82) is 0 Å². The van der Waals surface area contributed by atoms with Gasteiger partial charge in [0.15, 0.2) is 11.3 Å². The van der Waals surface area contributed by atoms with Gasteiger partial charge in [0.25, 0.3) is 5.91 Å². The minimum atomic E-state index is -0.329. The maximum absolute atomic E-state index is 12.8. The highest BCUT2D eigenvalue weighted by Gasteiger charge is 2.34. The third-order valence-electron chi connectivity index (χ3n) is 3.81. The molecule has 0 spiro atoms. The number of rotatable bonds is 3. The Bertz CT molecular complexity index is 985. The molecule has 8 heteroatoms. The number of para-hydroxylation sites is 1. The Morgan fingerprint density at radius 3 is 2.92 bits per heavy atom. The number of fused-ring (bicyclic) bond motifs is 2. The van der Waals surface area contributed by atoms with Gasteiger partial charge in [0, 0.05) is 11.0 Å². The van der Waals surface area contributed by atoms with Crippen LogP contribution in [0.3, 0.4) is 0 Å². The van der Waals surface area contributed by atoms with Gasteiger partial charge in [0.2, 0.25) is 0 Å². The molecule has 1 amide bonds. The summed E-state index contributed by atoms with van der Waals surface area (Å²) in [7, 11) is 0. The van der Waals surface area contributed by atoms with Crippen LogP contribution in [0.15, 0.2) is 50.3 Å². The number of hydrazone groups is 1.